The third-order valence-electron chi connectivity index (χ3n) is 10.3. The van der Waals surface area contributed by atoms with Gasteiger partial charge in [0.2, 0.25) is 0 Å². The zero-order valence-electron chi connectivity index (χ0n) is 19.7. The van der Waals surface area contributed by atoms with Gasteiger partial charge in [-0.3, -0.25) is 4.79 Å². The molecule has 0 saturated heterocycles. The van der Waals surface area contributed by atoms with Crippen LogP contribution in [0.2, 0.25) is 0 Å². The minimum Gasteiger partial charge on any atom is -0.298 e. The van der Waals surface area contributed by atoms with Crippen molar-refractivity contribution in [2.75, 3.05) is 0 Å². The van der Waals surface area contributed by atoms with Gasteiger partial charge in [-0.25, -0.2) is 0 Å². The summed E-state index contributed by atoms with van der Waals surface area (Å²) in [6.45, 7) is 4.67. The van der Waals surface area contributed by atoms with Gasteiger partial charge in [0.25, 0.3) is 0 Å². The summed E-state index contributed by atoms with van der Waals surface area (Å²) in [5.41, 5.74) is 0.289. The van der Waals surface area contributed by atoms with E-state index in [-0.39, 0.29) is 10.8 Å². The molecule has 0 aromatic carbocycles. The molecule has 0 N–H and O–H groups in total. The zero-order valence-corrected chi connectivity index (χ0v) is 19.7. The van der Waals surface area contributed by atoms with Crippen LogP contribution < -0.4 is 0 Å². The summed E-state index contributed by atoms with van der Waals surface area (Å²) in [6.07, 6.45) is 25.9. The van der Waals surface area contributed by atoms with Gasteiger partial charge in [-0.1, -0.05) is 65.2 Å². The van der Waals surface area contributed by atoms with E-state index in [2.05, 4.69) is 13.8 Å². The molecule has 0 amide bonds. The van der Waals surface area contributed by atoms with Gasteiger partial charge >= 0.3 is 0 Å². The SMILES string of the molecule is CCCCCCC1CCC2(CC1)CC1(CCC(C3CCC(CC)CC3)CC1)C2=O. The van der Waals surface area contributed by atoms with Gasteiger partial charge in [-0.15, -0.1) is 0 Å². The molecule has 0 atom stereocenters. The van der Waals surface area contributed by atoms with Crippen molar-refractivity contribution < 1.29 is 4.79 Å². The van der Waals surface area contributed by atoms with Gasteiger partial charge in [0, 0.05) is 10.8 Å². The second-order valence-electron chi connectivity index (χ2n) is 11.9. The Balaban J connectivity index is 1.20. The quantitative estimate of drug-likeness (QED) is 0.391. The maximum absolute atomic E-state index is 13.5. The molecule has 1 heteroatoms. The molecule has 4 fully saturated rings. The van der Waals surface area contributed by atoms with Crippen LogP contribution in [0.25, 0.3) is 0 Å². The summed E-state index contributed by atoms with van der Waals surface area (Å²) in [6, 6.07) is 0. The van der Waals surface area contributed by atoms with Crippen molar-refractivity contribution in [1.29, 1.82) is 0 Å². The van der Waals surface area contributed by atoms with Crippen LogP contribution in [0.4, 0.5) is 0 Å². The van der Waals surface area contributed by atoms with Crippen LogP contribution in [0.1, 0.15) is 136 Å². The first-order valence-electron chi connectivity index (χ1n) is 13.7. The first-order chi connectivity index (χ1) is 14.1. The van der Waals surface area contributed by atoms with Crippen LogP contribution in [-0.4, -0.2) is 5.78 Å². The lowest BCUT2D eigenvalue weighted by atomic mass is 9.42. The molecule has 29 heavy (non-hydrogen) atoms. The van der Waals surface area contributed by atoms with Crippen molar-refractivity contribution >= 4 is 5.78 Å². The van der Waals surface area contributed by atoms with Crippen molar-refractivity contribution in [3.8, 4) is 0 Å². The lowest BCUT2D eigenvalue weighted by Gasteiger charge is -2.59. The van der Waals surface area contributed by atoms with Crippen molar-refractivity contribution in [1.82, 2.24) is 0 Å². The number of Topliss-reactive ketones (excluding diaryl/α,β-unsaturated/α-hetero) is 1. The van der Waals surface area contributed by atoms with Crippen LogP contribution in [-0.2, 0) is 4.79 Å². The van der Waals surface area contributed by atoms with E-state index in [0.717, 1.165) is 29.5 Å². The molecule has 0 heterocycles. The molecular formula is C28H48O. The summed E-state index contributed by atoms with van der Waals surface area (Å²) >= 11 is 0. The lowest BCUT2D eigenvalue weighted by molar-refractivity contribution is -0.169. The lowest BCUT2D eigenvalue weighted by Crippen LogP contribution is -2.59. The molecule has 1 nitrogen and oxygen atoms in total. The maximum Gasteiger partial charge on any atom is 0.145 e. The second kappa shape index (κ2) is 9.44. The number of hydrogen-bond acceptors (Lipinski definition) is 1. The minimum absolute atomic E-state index is 0.144. The van der Waals surface area contributed by atoms with Gasteiger partial charge in [0.05, 0.1) is 0 Å². The van der Waals surface area contributed by atoms with E-state index in [0.29, 0.717) is 0 Å². The van der Waals surface area contributed by atoms with Crippen molar-refractivity contribution in [3.63, 3.8) is 0 Å². The summed E-state index contributed by atoms with van der Waals surface area (Å²) in [5.74, 6) is 4.61. The van der Waals surface area contributed by atoms with Crippen LogP contribution in [0, 0.1) is 34.5 Å². The standard InChI is InChI=1S/C28H48O/c1-3-5-6-7-8-23-13-17-27(18-14-23)21-28(26(27)29)19-15-25(16-20-28)24-11-9-22(4-2)10-12-24/h22-25H,3-21H2,1-2H3. The largest absolute Gasteiger partial charge is 0.298 e. The number of hydrogen-bond donors (Lipinski definition) is 0. The van der Waals surface area contributed by atoms with Crippen LogP contribution in [0.5, 0.6) is 0 Å². The molecule has 0 aromatic rings. The van der Waals surface area contributed by atoms with E-state index in [1.54, 1.807) is 0 Å². The van der Waals surface area contributed by atoms with Gasteiger partial charge in [-0.05, 0) is 94.3 Å². The van der Waals surface area contributed by atoms with Crippen molar-refractivity contribution in [2.45, 2.75) is 136 Å². The molecule has 0 radical (unpaired) electrons. The predicted octanol–water partition coefficient (Wildman–Crippen LogP) is 8.50. The highest BCUT2D eigenvalue weighted by Crippen LogP contribution is 2.64. The number of rotatable bonds is 7. The molecule has 0 bridgehead atoms. The van der Waals surface area contributed by atoms with Gasteiger partial charge in [-0.2, -0.15) is 0 Å². The average molecular weight is 401 g/mol. The fraction of sp³-hybridized carbons (Fsp3) is 0.964. The third-order valence-corrected chi connectivity index (χ3v) is 10.3. The molecule has 2 spiro atoms. The monoisotopic (exact) mass is 400 g/mol. The molecule has 4 rings (SSSR count). The smallest absolute Gasteiger partial charge is 0.145 e. The summed E-state index contributed by atoms with van der Waals surface area (Å²) in [5, 5.41) is 0. The fourth-order valence-electron chi connectivity index (χ4n) is 8.18. The van der Waals surface area contributed by atoms with Crippen LogP contribution in [0.15, 0.2) is 0 Å². The van der Waals surface area contributed by atoms with Crippen LogP contribution >= 0.6 is 0 Å². The molecule has 4 aliphatic rings. The second-order valence-corrected chi connectivity index (χ2v) is 11.9. The van der Waals surface area contributed by atoms with Gasteiger partial charge in [0.1, 0.15) is 5.78 Å². The molecule has 4 saturated carbocycles. The van der Waals surface area contributed by atoms with E-state index >= 15 is 0 Å². The Morgan fingerprint density at radius 2 is 1.28 bits per heavy atom. The number of carbonyl (C=O) groups is 1. The predicted molar refractivity (Wildman–Crippen MR) is 123 cm³/mol. The summed E-state index contributed by atoms with van der Waals surface area (Å²) in [7, 11) is 0. The Hall–Kier alpha value is -0.330. The van der Waals surface area contributed by atoms with Gasteiger partial charge < -0.3 is 0 Å². The number of carbonyl (C=O) groups excluding carboxylic acids is 1. The Kier molecular flexibility index (Phi) is 7.12. The zero-order chi connectivity index (χ0) is 20.3. The van der Waals surface area contributed by atoms with E-state index < -0.39 is 0 Å². The molecule has 0 unspecified atom stereocenters. The molecule has 166 valence electrons. The van der Waals surface area contributed by atoms with E-state index in [4.69, 9.17) is 0 Å². The minimum atomic E-state index is 0.144. The Morgan fingerprint density at radius 3 is 1.83 bits per heavy atom. The van der Waals surface area contributed by atoms with E-state index in [9.17, 15) is 4.79 Å². The number of ketones is 1. The van der Waals surface area contributed by atoms with Crippen molar-refractivity contribution in [3.05, 3.63) is 0 Å². The molecule has 4 aliphatic carbocycles. The fourth-order valence-corrected chi connectivity index (χ4v) is 8.18. The average Bonchev–Trinajstić information content (AvgIpc) is 2.78. The van der Waals surface area contributed by atoms with E-state index in [1.165, 1.54) is 122 Å². The maximum atomic E-state index is 13.5. The summed E-state index contributed by atoms with van der Waals surface area (Å²) in [4.78, 5) is 13.5. The van der Waals surface area contributed by atoms with Gasteiger partial charge in [0.15, 0.2) is 0 Å². The highest BCUT2D eigenvalue weighted by molar-refractivity contribution is 5.96. The normalized spacial score (nSPS) is 42.9. The Labute approximate surface area is 181 Å². The first-order valence-corrected chi connectivity index (χ1v) is 13.7. The highest BCUT2D eigenvalue weighted by atomic mass is 16.1. The highest BCUT2D eigenvalue weighted by Gasteiger charge is 2.63. The summed E-state index contributed by atoms with van der Waals surface area (Å²) < 4.78 is 0. The first kappa shape index (κ1) is 21.9. The van der Waals surface area contributed by atoms with Crippen molar-refractivity contribution in [2.24, 2.45) is 34.5 Å². The van der Waals surface area contributed by atoms with E-state index in [1.807, 2.05) is 0 Å². The topological polar surface area (TPSA) is 17.1 Å². The molecule has 0 aliphatic heterocycles. The third kappa shape index (κ3) is 4.50. The molecular weight excluding hydrogens is 352 g/mol. The molecule has 0 aromatic heterocycles. The number of unbranched alkanes of at least 4 members (excludes halogenated alkanes) is 3. The Morgan fingerprint density at radius 1 is 0.690 bits per heavy atom. The van der Waals surface area contributed by atoms with Crippen LogP contribution in [0.3, 0.4) is 0 Å². The Bertz CT molecular complexity index is 525.